The molecule has 1 aromatic rings. The number of nitrogens with zero attached hydrogens (tertiary/aromatic N) is 1. The molecule has 1 aliphatic rings. The van der Waals surface area contributed by atoms with Gasteiger partial charge in [0.25, 0.3) is 11.8 Å². The number of hydrazine groups is 1. The normalized spacial score (nSPS) is 16.6. The van der Waals surface area contributed by atoms with E-state index in [1.54, 1.807) is 18.2 Å². The third-order valence-electron chi connectivity index (χ3n) is 5.02. The van der Waals surface area contributed by atoms with E-state index in [0.29, 0.717) is 29.5 Å². The van der Waals surface area contributed by atoms with E-state index < -0.39 is 5.91 Å². The van der Waals surface area contributed by atoms with Gasteiger partial charge in [-0.2, -0.15) is 0 Å². The zero-order valence-electron chi connectivity index (χ0n) is 18.1. The van der Waals surface area contributed by atoms with Gasteiger partial charge >= 0.3 is 0 Å². The van der Waals surface area contributed by atoms with E-state index in [9.17, 15) is 14.4 Å². The molecule has 0 aliphatic carbocycles. The number of nitrogens with one attached hydrogen (secondary N) is 3. The van der Waals surface area contributed by atoms with Crippen LogP contribution in [0.3, 0.4) is 0 Å². The number of rotatable bonds is 8. The largest absolute Gasteiger partial charge is 0.493 e. The number of amides is 3. The molecule has 9 nitrogen and oxygen atoms in total. The highest BCUT2D eigenvalue weighted by molar-refractivity contribution is 5.96. The number of likely N-dealkylation sites (tertiary alicyclic amines) is 1. The van der Waals surface area contributed by atoms with Gasteiger partial charge in [-0.3, -0.25) is 30.1 Å². The van der Waals surface area contributed by atoms with Gasteiger partial charge in [0, 0.05) is 24.6 Å². The van der Waals surface area contributed by atoms with Crippen LogP contribution >= 0.6 is 0 Å². The quantitative estimate of drug-likeness (QED) is 0.541. The minimum Gasteiger partial charge on any atom is -0.493 e. The molecule has 0 saturated carbocycles. The topological polar surface area (TPSA) is 109 Å². The van der Waals surface area contributed by atoms with Gasteiger partial charge in [0.05, 0.1) is 20.8 Å². The molecule has 0 bridgehead atoms. The average molecular weight is 421 g/mol. The SMILES string of the molecule is COc1ccc(C(=O)NNC(=O)CN2CCCC(CNC(=O)C(C)C)C2)cc1OC. The van der Waals surface area contributed by atoms with Gasteiger partial charge in [-0.1, -0.05) is 13.8 Å². The molecule has 1 saturated heterocycles. The molecule has 1 aromatic carbocycles. The van der Waals surface area contributed by atoms with Gasteiger partial charge < -0.3 is 14.8 Å². The second kappa shape index (κ2) is 11.4. The van der Waals surface area contributed by atoms with Crippen molar-refractivity contribution in [2.45, 2.75) is 26.7 Å². The number of piperidine rings is 1. The Morgan fingerprint density at radius 3 is 2.53 bits per heavy atom. The van der Waals surface area contributed by atoms with Gasteiger partial charge in [0.15, 0.2) is 11.5 Å². The summed E-state index contributed by atoms with van der Waals surface area (Å²) in [5, 5.41) is 2.96. The molecule has 0 radical (unpaired) electrons. The Morgan fingerprint density at radius 2 is 1.87 bits per heavy atom. The number of carbonyl (C=O) groups is 3. The first-order valence-corrected chi connectivity index (χ1v) is 10.1. The summed E-state index contributed by atoms with van der Waals surface area (Å²) in [6.07, 6.45) is 1.99. The van der Waals surface area contributed by atoms with Gasteiger partial charge in [0.2, 0.25) is 5.91 Å². The zero-order chi connectivity index (χ0) is 22.1. The monoisotopic (exact) mass is 420 g/mol. The first kappa shape index (κ1) is 23.5. The van der Waals surface area contributed by atoms with Crippen molar-refractivity contribution in [2.24, 2.45) is 11.8 Å². The molecule has 1 atom stereocenters. The van der Waals surface area contributed by atoms with Crippen LogP contribution in [0, 0.1) is 11.8 Å². The van der Waals surface area contributed by atoms with Crippen LogP contribution in [-0.2, 0) is 9.59 Å². The fourth-order valence-electron chi connectivity index (χ4n) is 3.33. The van der Waals surface area contributed by atoms with E-state index in [0.717, 1.165) is 25.9 Å². The van der Waals surface area contributed by atoms with E-state index in [-0.39, 0.29) is 24.3 Å². The fraction of sp³-hybridized carbons (Fsp3) is 0.571. The van der Waals surface area contributed by atoms with Crippen molar-refractivity contribution < 1.29 is 23.9 Å². The molecule has 0 aromatic heterocycles. The molecule has 30 heavy (non-hydrogen) atoms. The average Bonchev–Trinajstić information content (AvgIpc) is 2.75. The van der Waals surface area contributed by atoms with Crippen molar-refractivity contribution in [3.05, 3.63) is 23.8 Å². The van der Waals surface area contributed by atoms with Crippen molar-refractivity contribution in [3.63, 3.8) is 0 Å². The first-order valence-electron chi connectivity index (χ1n) is 10.1. The predicted octanol–water partition coefficient (Wildman–Crippen LogP) is 0.949. The Kier molecular flexibility index (Phi) is 8.91. The van der Waals surface area contributed by atoms with Gasteiger partial charge in [-0.15, -0.1) is 0 Å². The van der Waals surface area contributed by atoms with Crippen molar-refractivity contribution in [2.75, 3.05) is 40.4 Å². The highest BCUT2D eigenvalue weighted by Crippen LogP contribution is 2.27. The van der Waals surface area contributed by atoms with Crippen LogP contribution in [0.15, 0.2) is 18.2 Å². The van der Waals surface area contributed by atoms with Crippen LogP contribution < -0.4 is 25.6 Å². The molecule has 3 amide bonds. The van der Waals surface area contributed by atoms with Crippen molar-refractivity contribution >= 4 is 17.7 Å². The summed E-state index contributed by atoms with van der Waals surface area (Å²) in [4.78, 5) is 38.3. The van der Waals surface area contributed by atoms with Crippen molar-refractivity contribution in [1.82, 2.24) is 21.1 Å². The molecule has 1 heterocycles. The first-order chi connectivity index (χ1) is 14.3. The summed E-state index contributed by atoms with van der Waals surface area (Å²) in [5.74, 6) is 0.527. The van der Waals surface area contributed by atoms with Crippen molar-refractivity contribution in [3.8, 4) is 11.5 Å². The van der Waals surface area contributed by atoms with Crippen molar-refractivity contribution in [1.29, 1.82) is 0 Å². The number of benzene rings is 1. The molecule has 2 rings (SSSR count). The smallest absolute Gasteiger partial charge is 0.269 e. The van der Waals surface area contributed by atoms with Crippen LogP contribution in [0.2, 0.25) is 0 Å². The summed E-state index contributed by atoms with van der Waals surface area (Å²) in [6, 6.07) is 4.76. The lowest BCUT2D eigenvalue weighted by Gasteiger charge is -2.32. The molecule has 0 spiro atoms. The number of hydrogen-bond donors (Lipinski definition) is 3. The number of hydrogen-bond acceptors (Lipinski definition) is 6. The highest BCUT2D eigenvalue weighted by atomic mass is 16.5. The van der Waals surface area contributed by atoms with E-state index in [2.05, 4.69) is 16.2 Å². The summed E-state index contributed by atoms with van der Waals surface area (Å²) in [5.41, 5.74) is 5.21. The summed E-state index contributed by atoms with van der Waals surface area (Å²) < 4.78 is 10.3. The molecule has 166 valence electrons. The van der Waals surface area contributed by atoms with E-state index in [1.165, 1.54) is 14.2 Å². The lowest BCUT2D eigenvalue weighted by Crippen LogP contribution is -2.49. The Morgan fingerprint density at radius 1 is 1.13 bits per heavy atom. The van der Waals surface area contributed by atoms with E-state index >= 15 is 0 Å². The highest BCUT2D eigenvalue weighted by Gasteiger charge is 2.22. The van der Waals surface area contributed by atoms with Gasteiger partial charge in [0.1, 0.15) is 0 Å². The van der Waals surface area contributed by atoms with Gasteiger partial charge in [-0.05, 0) is 43.5 Å². The van der Waals surface area contributed by atoms with Crippen LogP contribution in [0.1, 0.15) is 37.0 Å². The maximum Gasteiger partial charge on any atom is 0.269 e. The third kappa shape index (κ3) is 6.91. The maximum absolute atomic E-state index is 12.3. The minimum absolute atomic E-state index is 0.0373. The summed E-state index contributed by atoms with van der Waals surface area (Å²) >= 11 is 0. The molecule has 9 heteroatoms. The lowest BCUT2D eigenvalue weighted by molar-refractivity contribution is -0.125. The Labute approximate surface area is 177 Å². The molecule has 1 fully saturated rings. The van der Waals surface area contributed by atoms with Crippen LogP contribution in [0.25, 0.3) is 0 Å². The molecular weight excluding hydrogens is 388 g/mol. The molecular formula is C21H32N4O5. The number of carbonyl (C=O) groups excluding carboxylic acids is 3. The fourth-order valence-corrected chi connectivity index (χ4v) is 3.33. The second-order valence-corrected chi connectivity index (χ2v) is 7.72. The Balaban J connectivity index is 1.78. The summed E-state index contributed by atoms with van der Waals surface area (Å²) in [7, 11) is 3.00. The van der Waals surface area contributed by atoms with Crippen LogP contribution in [0.4, 0.5) is 0 Å². The minimum atomic E-state index is -0.447. The summed E-state index contributed by atoms with van der Waals surface area (Å²) in [6.45, 7) is 6.07. The Hall–Kier alpha value is -2.81. The maximum atomic E-state index is 12.3. The van der Waals surface area contributed by atoms with E-state index in [1.807, 2.05) is 18.7 Å². The Bertz CT molecular complexity index is 753. The standard InChI is InChI=1S/C21H32N4O5/c1-14(2)20(27)22-11-15-6-5-9-25(12-15)13-19(26)23-24-21(28)16-7-8-17(29-3)18(10-16)30-4/h7-8,10,14-15H,5-6,9,11-13H2,1-4H3,(H,22,27)(H,23,26)(H,24,28). The zero-order valence-corrected chi connectivity index (χ0v) is 18.1. The lowest BCUT2D eigenvalue weighted by atomic mass is 9.97. The third-order valence-corrected chi connectivity index (χ3v) is 5.02. The number of methoxy groups -OCH3 is 2. The van der Waals surface area contributed by atoms with Crippen LogP contribution in [0.5, 0.6) is 11.5 Å². The molecule has 3 N–H and O–H groups in total. The van der Waals surface area contributed by atoms with Crippen LogP contribution in [-0.4, -0.2) is 63.0 Å². The second-order valence-electron chi connectivity index (χ2n) is 7.72. The van der Waals surface area contributed by atoms with Gasteiger partial charge in [-0.25, -0.2) is 0 Å². The molecule has 1 aliphatic heterocycles. The van der Waals surface area contributed by atoms with E-state index in [4.69, 9.17) is 9.47 Å². The molecule has 1 unspecified atom stereocenters. The number of ether oxygens (including phenoxy) is 2. The predicted molar refractivity (Wildman–Crippen MR) is 112 cm³/mol.